The minimum absolute atomic E-state index is 0.402. The largest absolute Gasteiger partial charge is 0.349 e. The lowest BCUT2D eigenvalue weighted by Gasteiger charge is -2.16. The molecule has 1 atom stereocenters. The van der Waals surface area contributed by atoms with E-state index in [1.54, 1.807) is 11.3 Å². The van der Waals surface area contributed by atoms with Crippen LogP contribution in [0.4, 0.5) is 5.13 Å². The summed E-state index contributed by atoms with van der Waals surface area (Å²) in [5.41, 5.74) is 0. The number of nitrogens with zero attached hydrogens (tertiary/aromatic N) is 2. The summed E-state index contributed by atoms with van der Waals surface area (Å²) in [5, 5.41) is 4.29. The molecular weight excluding hydrogens is 218 g/mol. The first-order valence-electron chi connectivity index (χ1n) is 5.77. The molecule has 16 heavy (non-hydrogen) atoms. The normalized spacial score (nSPS) is 13.2. The fraction of sp³-hybridized carbons (Fsp3) is 0.583. The molecule has 0 aliphatic heterocycles. The number of thiazole rings is 1. The summed E-state index contributed by atoms with van der Waals surface area (Å²) >= 11 is 1.74. The smallest absolute Gasteiger partial charge is 0.185 e. The van der Waals surface area contributed by atoms with Gasteiger partial charge in [0.25, 0.3) is 0 Å². The Hall–Kier alpha value is -0.870. The average Bonchev–Trinajstić information content (AvgIpc) is 2.76. The second-order valence-electron chi connectivity index (χ2n) is 3.65. The number of hydrogen-bond donors (Lipinski definition) is 1. The first kappa shape index (κ1) is 13.2. The summed E-state index contributed by atoms with van der Waals surface area (Å²) in [6.45, 7) is 8.47. The van der Waals surface area contributed by atoms with Gasteiger partial charge in [-0.3, -0.25) is 0 Å². The van der Waals surface area contributed by atoms with E-state index in [1.807, 2.05) is 13.2 Å². The highest BCUT2D eigenvalue weighted by Gasteiger charge is 2.05. The SMILES string of the molecule is CCN(CC)c1ncc(/C=C/C(C)NC)s1. The predicted molar refractivity (Wildman–Crippen MR) is 73.2 cm³/mol. The van der Waals surface area contributed by atoms with Crippen molar-refractivity contribution in [2.24, 2.45) is 0 Å². The number of anilines is 1. The molecule has 1 aromatic rings. The van der Waals surface area contributed by atoms with Gasteiger partial charge in [-0.15, -0.1) is 0 Å². The molecule has 3 nitrogen and oxygen atoms in total. The number of aromatic nitrogens is 1. The number of likely N-dealkylation sites (N-methyl/N-ethyl adjacent to an activating group) is 1. The van der Waals surface area contributed by atoms with Crippen LogP contribution in [0.15, 0.2) is 12.3 Å². The molecule has 0 saturated heterocycles. The van der Waals surface area contributed by atoms with Crippen molar-refractivity contribution in [1.29, 1.82) is 0 Å². The van der Waals surface area contributed by atoms with E-state index in [1.165, 1.54) is 4.88 Å². The van der Waals surface area contributed by atoms with E-state index in [2.05, 4.69) is 48.1 Å². The van der Waals surface area contributed by atoms with Crippen molar-refractivity contribution in [3.8, 4) is 0 Å². The van der Waals surface area contributed by atoms with Crippen LogP contribution in [0.3, 0.4) is 0 Å². The van der Waals surface area contributed by atoms with Crippen molar-refractivity contribution in [1.82, 2.24) is 10.3 Å². The zero-order valence-corrected chi connectivity index (χ0v) is 11.3. The molecule has 1 heterocycles. The summed E-state index contributed by atoms with van der Waals surface area (Å²) in [4.78, 5) is 7.91. The minimum atomic E-state index is 0.402. The predicted octanol–water partition coefficient (Wildman–Crippen LogP) is 2.61. The maximum Gasteiger partial charge on any atom is 0.185 e. The zero-order chi connectivity index (χ0) is 12.0. The number of nitrogens with one attached hydrogen (secondary N) is 1. The first-order valence-corrected chi connectivity index (χ1v) is 6.59. The molecule has 0 fully saturated rings. The Morgan fingerprint density at radius 3 is 2.75 bits per heavy atom. The van der Waals surface area contributed by atoms with Gasteiger partial charge in [0.05, 0.1) is 0 Å². The van der Waals surface area contributed by atoms with E-state index in [9.17, 15) is 0 Å². The molecule has 0 aliphatic rings. The third-order valence-electron chi connectivity index (χ3n) is 2.55. The van der Waals surface area contributed by atoms with Crippen LogP contribution >= 0.6 is 11.3 Å². The zero-order valence-electron chi connectivity index (χ0n) is 10.5. The Kier molecular flexibility index (Phi) is 5.49. The molecule has 0 bridgehead atoms. The van der Waals surface area contributed by atoms with E-state index >= 15 is 0 Å². The van der Waals surface area contributed by atoms with Gasteiger partial charge in [0.2, 0.25) is 0 Å². The van der Waals surface area contributed by atoms with Crippen LogP contribution < -0.4 is 10.2 Å². The quantitative estimate of drug-likeness (QED) is 0.827. The van der Waals surface area contributed by atoms with E-state index in [4.69, 9.17) is 0 Å². The van der Waals surface area contributed by atoms with Gasteiger partial charge in [-0.05, 0) is 33.9 Å². The second kappa shape index (κ2) is 6.66. The third-order valence-corrected chi connectivity index (χ3v) is 3.57. The molecule has 0 amide bonds. The Balaban J connectivity index is 2.67. The Bertz CT molecular complexity index is 329. The van der Waals surface area contributed by atoms with E-state index < -0.39 is 0 Å². The van der Waals surface area contributed by atoms with Crippen LogP contribution in [-0.4, -0.2) is 31.2 Å². The first-order chi connectivity index (χ1) is 7.71. The van der Waals surface area contributed by atoms with E-state index in [-0.39, 0.29) is 0 Å². The number of rotatable bonds is 6. The lowest BCUT2D eigenvalue weighted by molar-refractivity contribution is 0.732. The van der Waals surface area contributed by atoms with Gasteiger partial charge in [0.15, 0.2) is 5.13 Å². The van der Waals surface area contributed by atoms with Gasteiger partial charge >= 0.3 is 0 Å². The molecule has 90 valence electrons. The summed E-state index contributed by atoms with van der Waals surface area (Å²) in [6, 6.07) is 0.402. The van der Waals surface area contributed by atoms with Gasteiger partial charge in [0, 0.05) is 30.2 Å². The van der Waals surface area contributed by atoms with Crippen LogP contribution in [0.2, 0.25) is 0 Å². The maximum atomic E-state index is 4.43. The van der Waals surface area contributed by atoms with Crippen molar-refractivity contribution in [2.45, 2.75) is 26.8 Å². The highest BCUT2D eigenvalue weighted by Crippen LogP contribution is 2.23. The summed E-state index contributed by atoms with van der Waals surface area (Å²) in [7, 11) is 1.96. The third kappa shape index (κ3) is 3.61. The lowest BCUT2D eigenvalue weighted by Crippen LogP contribution is -2.21. The van der Waals surface area contributed by atoms with Crippen molar-refractivity contribution in [3.05, 3.63) is 17.2 Å². The molecule has 0 aromatic carbocycles. The van der Waals surface area contributed by atoms with Crippen molar-refractivity contribution < 1.29 is 0 Å². The highest BCUT2D eigenvalue weighted by atomic mass is 32.1. The van der Waals surface area contributed by atoms with Crippen molar-refractivity contribution in [2.75, 3.05) is 25.0 Å². The molecule has 0 saturated carbocycles. The van der Waals surface area contributed by atoms with Gasteiger partial charge in [0.1, 0.15) is 0 Å². The molecule has 0 radical (unpaired) electrons. The van der Waals surface area contributed by atoms with Crippen LogP contribution in [-0.2, 0) is 0 Å². The van der Waals surface area contributed by atoms with Crippen molar-refractivity contribution >= 4 is 22.5 Å². The molecule has 4 heteroatoms. The Morgan fingerprint density at radius 2 is 2.19 bits per heavy atom. The average molecular weight is 239 g/mol. The summed E-state index contributed by atoms with van der Waals surface area (Å²) < 4.78 is 0. The van der Waals surface area contributed by atoms with E-state index in [0.29, 0.717) is 6.04 Å². The lowest BCUT2D eigenvalue weighted by atomic mass is 10.3. The van der Waals surface area contributed by atoms with Crippen molar-refractivity contribution in [3.63, 3.8) is 0 Å². The molecular formula is C12H21N3S. The van der Waals surface area contributed by atoms with Gasteiger partial charge in [-0.25, -0.2) is 4.98 Å². The second-order valence-corrected chi connectivity index (χ2v) is 4.69. The Morgan fingerprint density at radius 1 is 1.50 bits per heavy atom. The van der Waals surface area contributed by atoms with Crippen LogP contribution in [0.1, 0.15) is 25.6 Å². The molecule has 1 unspecified atom stereocenters. The Labute approximate surface area is 102 Å². The van der Waals surface area contributed by atoms with E-state index in [0.717, 1.165) is 18.2 Å². The van der Waals surface area contributed by atoms with Gasteiger partial charge in [-0.2, -0.15) is 0 Å². The monoisotopic (exact) mass is 239 g/mol. The maximum absolute atomic E-state index is 4.43. The van der Waals surface area contributed by atoms with Gasteiger partial charge in [-0.1, -0.05) is 17.4 Å². The summed E-state index contributed by atoms with van der Waals surface area (Å²) in [5.74, 6) is 0. The van der Waals surface area contributed by atoms with Crippen LogP contribution in [0, 0.1) is 0 Å². The highest BCUT2D eigenvalue weighted by molar-refractivity contribution is 7.16. The number of hydrogen-bond acceptors (Lipinski definition) is 4. The molecule has 1 aromatic heterocycles. The molecule has 1 N–H and O–H groups in total. The van der Waals surface area contributed by atoms with Crippen LogP contribution in [0.25, 0.3) is 6.08 Å². The van der Waals surface area contributed by atoms with Gasteiger partial charge < -0.3 is 10.2 Å². The fourth-order valence-electron chi connectivity index (χ4n) is 1.33. The molecule has 0 spiro atoms. The molecule has 1 rings (SSSR count). The fourth-order valence-corrected chi connectivity index (χ4v) is 2.29. The van der Waals surface area contributed by atoms with Crippen LogP contribution in [0.5, 0.6) is 0 Å². The minimum Gasteiger partial charge on any atom is -0.349 e. The molecule has 0 aliphatic carbocycles. The topological polar surface area (TPSA) is 28.2 Å². The standard InChI is InChI=1S/C12H21N3S/c1-5-15(6-2)12-14-9-11(16-12)8-7-10(3)13-4/h7-10,13H,5-6H2,1-4H3/b8-7+. The summed E-state index contributed by atoms with van der Waals surface area (Å²) in [6.07, 6.45) is 6.22.